The van der Waals surface area contributed by atoms with Crippen molar-refractivity contribution in [2.45, 2.75) is 39.5 Å². The van der Waals surface area contributed by atoms with Crippen LogP contribution >= 0.6 is 0 Å². The summed E-state index contributed by atoms with van der Waals surface area (Å²) in [5.41, 5.74) is 3.80. The molecule has 0 aliphatic heterocycles. The predicted molar refractivity (Wildman–Crippen MR) is 59.6 cm³/mol. The van der Waals surface area contributed by atoms with E-state index in [9.17, 15) is 4.39 Å². The molecule has 0 nitrogen and oxygen atoms in total. The van der Waals surface area contributed by atoms with Crippen LogP contribution in [0.2, 0.25) is 0 Å². The van der Waals surface area contributed by atoms with Gasteiger partial charge in [0, 0.05) is 5.92 Å². The van der Waals surface area contributed by atoms with E-state index >= 15 is 0 Å². The number of hydrogen-bond acceptors (Lipinski definition) is 0. The fourth-order valence-electron chi connectivity index (χ4n) is 1.66. The lowest BCUT2D eigenvalue weighted by molar-refractivity contribution is 0.447. The van der Waals surface area contributed by atoms with Crippen LogP contribution in [0.4, 0.5) is 4.39 Å². The molecular weight excluding hydrogens is 175 g/mol. The largest absolute Gasteiger partial charge is 0.250 e. The number of hydrogen-bond donors (Lipinski definition) is 0. The Labute approximate surface area is 86.2 Å². The van der Waals surface area contributed by atoms with Gasteiger partial charge in [-0.15, -0.1) is 0 Å². The first kappa shape index (κ1) is 11.2. The highest BCUT2D eigenvalue weighted by atomic mass is 19.1. The van der Waals surface area contributed by atoms with Crippen molar-refractivity contribution in [2.24, 2.45) is 0 Å². The van der Waals surface area contributed by atoms with Crippen molar-refractivity contribution >= 4 is 0 Å². The molecule has 0 saturated heterocycles. The fraction of sp³-hybridized carbons (Fsp3) is 0.538. The highest BCUT2D eigenvalue weighted by Crippen LogP contribution is 2.20. The Balaban J connectivity index is 2.88. The van der Waals surface area contributed by atoms with Gasteiger partial charge in [-0.25, -0.2) is 0 Å². The van der Waals surface area contributed by atoms with Crippen molar-refractivity contribution in [1.82, 2.24) is 0 Å². The second-order valence-electron chi connectivity index (χ2n) is 3.99. The van der Waals surface area contributed by atoms with Crippen LogP contribution in [0.15, 0.2) is 18.2 Å². The number of alkyl halides is 1. The van der Waals surface area contributed by atoms with Crippen LogP contribution in [-0.4, -0.2) is 6.67 Å². The molecule has 0 spiro atoms. The van der Waals surface area contributed by atoms with Crippen LogP contribution in [-0.2, 0) is 6.42 Å². The molecule has 0 aliphatic rings. The van der Waals surface area contributed by atoms with Gasteiger partial charge in [0.25, 0.3) is 0 Å². The zero-order valence-electron chi connectivity index (χ0n) is 9.31. The zero-order valence-corrected chi connectivity index (χ0v) is 9.31. The molecule has 0 N–H and O–H groups in total. The minimum absolute atomic E-state index is 0.0318. The smallest absolute Gasteiger partial charge is 0.0960 e. The number of rotatable bonds is 4. The van der Waals surface area contributed by atoms with Crippen LogP contribution in [0.5, 0.6) is 0 Å². The van der Waals surface area contributed by atoms with Crippen LogP contribution in [0.3, 0.4) is 0 Å². The summed E-state index contributed by atoms with van der Waals surface area (Å²) in [6.45, 7) is 5.94. The molecule has 0 saturated carbocycles. The predicted octanol–water partition coefficient (Wildman–Crippen LogP) is 4.02. The summed E-state index contributed by atoms with van der Waals surface area (Å²) in [7, 11) is 0. The summed E-state index contributed by atoms with van der Waals surface area (Å²) in [6, 6.07) is 6.32. The minimum atomic E-state index is -0.271. The molecule has 1 unspecified atom stereocenters. The van der Waals surface area contributed by atoms with Gasteiger partial charge in [0.15, 0.2) is 0 Å². The second-order valence-corrected chi connectivity index (χ2v) is 3.99. The summed E-state index contributed by atoms with van der Waals surface area (Å²) in [5, 5.41) is 0. The van der Waals surface area contributed by atoms with Gasteiger partial charge in [0.2, 0.25) is 0 Å². The SMILES string of the molecule is CCCc1ccc(C(C)CF)cc1C. The summed E-state index contributed by atoms with van der Waals surface area (Å²) in [4.78, 5) is 0. The molecule has 78 valence electrons. The molecule has 0 aromatic heterocycles. The molecule has 0 aliphatic carbocycles. The topological polar surface area (TPSA) is 0 Å². The van der Waals surface area contributed by atoms with Crippen molar-refractivity contribution in [1.29, 1.82) is 0 Å². The highest BCUT2D eigenvalue weighted by Gasteiger charge is 2.06. The van der Waals surface area contributed by atoms with Crippen molar-refractivity contribution in [3.63, 3.8) is 0 Å². The Morgan fingerprint density at radius 3 is 2.57 bits per heavy atom. The summed E-state index contributed by atoms with van der Waals surface area (Å²) in [5.74, 6) is 0.0318. The van der Waals surface area contributed by atoms with E-state index in [0.717, 1.165) is 12.0 Å². The Morgan fingerprint density at radius 2 is 2.07 bits per heavy atom. The first-order valence-corrected chi connectivity index (χ1v) is 5.34. The van der Waals surface area contributed by atoms with Gasteiger partial charge >= 0.3 is 0 Å². The van der Waals surface area contributed by atoms with Crippen molar-refractivity contribution < 1.29 is 4.39 Å². The van der Waals surface area contributed by atoms with E-state index in [4.69, 9.17) is 0 Å². The van der Waals surface area contributed by atoms with Gasteiger partial charge in [-0.1, -0.05) is 38.5 Å². The Hall–Kier alpha value is -0.850. The van der Waals surface area contributed by atoms with E-state index in [2.05, 4.69) is 32.0 Å². The lowest BCUT2D eigenvalue weighted by atomic mass is 9.96. The van der Waals surface area contributed by atoms with Crippen LogP contribution in [0, 0.1) is 6.92 Å². The molecule has 0 radical (unpaired) electrons. The maximum absolute atomic E-state index is 12.5. The minimum Gasteiger partial charge on any atom is -0.250 e. The first-order valence-electron chi connectivity index (χ1n) is 5.34. The zero-order chi connectivity index (χ0) is 10.6. The van der Waals surface area contributed by atoms with Gasteiger partial charge in [-0.2, -0.15) is 0 Å². The third-order valence-corrected chi connectivity index (χ3v) is 2.69. The Bertz CT molecular complexity index is 291. The van der Waals surface area contributed by atoms with E-state index < -0.39 is 0 Å². The van der Waals surface area contributed by atoms with Gasteiger partial charge in [-0.3, -0.25) is 4.39 Å². The van der Waals surface area contributed by atoms with Crippen LogP contribution in [0.1, 0.15) is 42.9 Å². The molecule has 0 heterocycles. The van der Waals surface area contributed by atoms with Crippen molar-refractivity contribution in [3.05, 3.63) is 34.9 Å². The number of halogens is 1. The third-order valence-electron chi connectivity index (χ3n) is 2.69. The summed E-state index contributed by atoms with van der Waals surface area (Å²) >= 11 is 0. The normalized spacial score (nSPS) is 12.9. The van der Waals surface area contributed by atoms with Gasteiger partial charge in [-0.05, 0) is 30.0 Å². The Morgan fingerprint density at radius 1 is 1.36 bits per heavy atom. The monoisotopic (exact) mass is 194 g/mol. The van der Waals surface area contributed by atoms with Crippen LogP contribution in [0.25, 0.3) is 0 Å². The molecule has 14 heavy (non-hydrogen) atoms. The molecule has 0 fully saturated rings. The average molecular weight is 194 g/mol. The van der Waals surface area contributed by atoms with Gasteiger partial charge in [0.1, 0.15) is 0 Å². The fourth-order valence-corrected chi connectivity index (χ4v) is 1.66. The maximum Gasteiger partial charge on any atom is 0.0960 e. The quantitative estimate of drug-likeness (QED) is 0.679. The number of aryl methyl sites for hydroxylation is 2. The van der Waals surface area contributed by atoms with Crippen molar-refractivity contribution in [3.8, 4) is 0 Å². The number of benzene rings is 1. The maximum atomic E-state index is 12.5. The van der Waals surface area contributed by atoms with Gasteiger partial charge in [0.05, 0.1) is 6.67 Å². The van der Waals surface area contributed by atoms with E-state index in [1.54, 1.807) is 0 Å². The molecule has 0 bridgehead atoms. The molecule has 1 rings (SSSR count). The Kier molecular flexibility index (Phi) is 4.12. The molecule has 1 aromatic rings. The molecule has 0 amide bonds. The van der Waals surface area contributed by atoms with E-state index in [-0.39, 0.29) is 12.6 Å². The standard InChI is InChI=1S/C13H19F/c1-4-5-12-6-7-13(8-10(12)2)11(3)9-14/h6-8,11H,4-5,9H2,1-3H3. The van der Waals surface area contributed by atoms with Gasteiger partial charge < -0.3 is 0 Å². The van der Waals surface area contributed by atoms with Crippen molar-refractivity contribution in [2.75, 3.05) is 6.67 Å². The van der Waals surface area contributed by atoms with E-state index in [1.807, 2.05) is 6.92 Å². The molecular formula is C13H19F. The summed E-state index contributed by atoms with van der Waals surface area (Å²) in [6.07, 6.45) is 2.29. The molecule has 1 atom stereocenters. The third kappa shape index (κ3) is 2.57. The lowest BCUT2D eigenvalue weighted by Crippen LogP contribution is -1.98. The first-order chi connectivity index (χ1) is 6.69. The van der Waals surface area contributed by atoms with Crippen LogP contribution < -0.4 is 0 Å². The van der Waals surface area contributed by atoms with E-state index in [0.29, 0.717) is 0 Å². The second kappa shape index (κ2) is 5.14. The molecule has 1 aromatic carbocycles. The summed E-state index contributed by atoms with van der Waals surface area (Å²) < 4.78 is 12.5. The molecule has 1 heteroatoms. The van der Waals surface area contributed by atoms with E-state index in [1.165, 1.54) is 17.5 Å². The highest BCUT2D eigenvalue weighted by molar-refractivity contribution is 5.32. The average Bonchev–Trinajstić information content (AvgIpc) is 2.20. The lowest BCUT2D eigenvalue weighted by Gasteiger charge is -2.11.